The third kappa shape index (κ3) is 2.56. The summed E-state index contributed by atoms with van der Waals surface area (Å²) in [5, 5.41) is 4.15. The minimum Gasteiger partial charge on any atom is -0.353 e. The highest BCUT2D eigenvalue weighted by atomic mass is 16.3. The Labute approximate surface area is 135 Å². The van der Waals surface area contributed by atoms with Crippen LogP contribution in [-0.2, 0) is 0 Å². The number of aromatic nitrogens is 1. The van der Waals surface area contributed by atoms with E-state index in [-0.39, 0.29) is 0 Å². The normalized spacial score (nSPS) is 15.8. The van der Waals surface area contributed by atoms with E-state index in [4.69, 9.17) is 0 Å². The highest BCUT2D eigenvalue weighted by Gasteiger charge is 2.17. The zero-order chi connectivity index (χ0) is 15.6. The van der Waals surface area contributed by atoms with Crippen molar-refractivity contribution in [2.24, 2.45) is 5.18 Å². The first-order valence-corrected chi connectivity index (χ1v) is 8.41. The molecule has 116 valence electrons. The first-order valence-electron chi connectivity index (χ1n) is 8.41. The van der Waals surface area contributed by atoms with Gasteiger partial charge in [-0.15, -0.1) is 4.91 Å². The van der Waals surface area contributed by atoms with Crippen LogP contribution in [0, 0.1) is 4.91 Å². The van der Waals surface area contributed by atoms with Gasteiger partial charge in [0.25, 0.3) is 0 Å². The Bertz CT molecular complexity index is 826. The van der Waals surface area contributed by atoms with Gasteiger partial charge in [0.15, 0.2) is 0 Å². The van der Waals surface area contributed by atoms with Gasteiger partial charge in [-0.05, 0) is 35.6 Å². The Morgan fingerprint density at radius 3 is 2.39 bits per heavy atom. The lowest BCUT2D eigenvalue weighted by Gasteiger charge is -2.22. The molecule has 0 saturated heterocycles. The van der Waals surface area contributed by atoms with Crippen molar-refractivity contribution in [1.82, 2.24) is 4.98 Å². The van der Waals surface area contributed by atoms with E-state index in [1.807, 2.05) is 24.3 Å². The maximum atomic E-state index is 11.3. The maximum Gasteiger partial charge on any atom is 0.141 e. The Hall–Kier alpha value is -2.42. The van der Waals surface area contributed by atoms with E-state index in [0.717, 1.165) is 22.2 Å². The van der Waals surface area contributed by atoms with Crippen LogP contribution < -0.4 is 0 Å². The molecule has 0 amide bonds. The van der Waals surface area contributed by atoms with Gasteiger partial charge in [-0.1, -0.05) is 61.7 Å². The molecule has 1 N–H and O–H groups in total. The van der Waals surface area contributed by atoms with Crippen LogP contribution in [0.25, 0.3) is 22.2 Å². The molecule has 23 heavy (non-hydrogen) atoms. The molecular formula is C20H20N2O. The number of nitrogens with one attached hydrogen (secondary N) is 1. The van der Waals surface area contributed by atoms with E-state index < -0.39 is 0 Å². The summed E-state index contributed by atoms with van der Waals surface area (Å²) in [5.41, 5.74) is 4.72. The van der Waals surface area contributed by atoms with E-state index in [1.54, 1.807) is 0 Å². The molecule has 1 aromatic heterocycles. The zero-order valence-corrected chi connectivity index (χ0v) is 13.1. The second kappa shape index (κ2) is 5.99. The highest BCUT2D eigenvalue weighted by Crippen LogP contribution is 2.38. The SMILES string of the molecule is O=Nc1c(-c2ccc(C3CCCCC3)cc2)[nH]c2ccccc12. The van der Waals surface area contributed by atoms with Crippen LogP contribution in [-0.4, -0.2) is 4.98 Å². The van der Waals surface area contributed by atoms with Crippen LogP contribution in [0.1, 0.15) is 43.6 Å². The van der Waals surface area contributed by atoms with Crippen molar-refractivity contribution in [2.75, 3.05) is 0 Å². The molecule has 2 aromatic carbocycles. The number of H-pyrrole nitrogens is 1. The third-order valence-corrected chi connectivity index (χ3v) is 5.05. The average Bonchev–Trinajstić information content (AvgIpc) is 3.01. The second-order valence-corrected chi connectivity index (χ2v) is 6.44. The van der Waals surface area contributed by atoms with E-state index >= 15 is 0 Å². The fourth-order valence-corrected chi connectivity index (χ4v) is 3.79. The topological polar surface area (TPSA) is 45.2 Å². The Morgan fingerprint density at radius 2 is 1.65 bits per heavy atom. The number of nitrogens with zero attached hydrogens (tertiary/aromatic N) is 1. The molecule has 1 aliphatic carbocycles. The fraction of sp³-hybridized carbons (Fsp3) is 0.300. The number of hydrogen-bond acceptors (Lipinski definition) is 2. The lowest BCUT2D eigenvalue weighted by atomic mass is 9.84. The van der Waals surface area contributed by atoms with Gasteiger partial charge in [0.2, 0.25) is 0 Å². The predicted octanol–water partition coefficient (Wildman–Crippen LogP) is 6.28. The summed E-state index contributed by atoms with van der Waals surface area (Å²) in [7, 11) is 0. The molecule has 1 heterocycles. The van der Waals surface area contributed by atoms with Gasteiger partial charge in [0.1, 0.15) is 5.69 Å². The molecular weight excluding hydrogens is 284 g/mol. The number of rotatable bonds is 3. The molecule has 0 aliphatic heterocycles. The van der Waals surface area contributed by atoms with Crippen molar-refractivity contribution < 1.29 is 0 Å². The Morgan fingerprint density at radius 1 is 0.913 bits per heavy atom. The number of benzene rings is 2. The molecule has 4 rings (SSSR count). The smallest absolute Gasteiger partial charge is 0.141 e. The summed E-state index contributed by atoms with van der Waals surface area (Å²) in [6, 6.07) is 16.5. The Balaban J connectivity index is 1.72. The van der Waals surface area contributed by atoms with Gasteiger partial charge in [-0.25, -0.2) is 0 Å². The van der Waals surface area contributed by atoms with Crippen LogP contribution in [0.3, 0.4) is 0 Å². The van der Waals surface area contributed by atoms with Gasteiger partial charge >= 0.3 is 0 Å². The molecule has 1 aliphatic rings. The van der Waals surface area contributed by atoms with E-state index in [9.17, 15) is 4.91 Å². The minimum absolute atomic E-state index is 0.506. The molecule has 1 saturated carbocycles. The first kappa shape index (κ1) is 14.2. The molecule has 0 spiro atoms. The fourth-order valence-electron chi connectivity index (χ4n) is 3.79. The van der Waals surface area contributed by atoms with Crippen LogP contribution in [0.2, 0.25) is 0 Å². The number of para-hydroxylation sites is 1. The summed E-state index contributed by atoms with van der Waals surface area (Å²) < 4.78 is 0. The summed E-state index contributed by atoms with van der Waals surface area (Å²) >= 11 is 0. The lowest BCUT2D eigenvalue weighted by molar-refractivity contribution is 0.443. The summed E-state index contributed by atoms with van der Waals surface area (Å²) in [6.45, 7) is 0. The standard InChI is InChI=1S/C20H20N2O/c23-22-20-17-8-4-5-9-18(17)21-19(20)16-12-10-15(11-13-16)14-6-2-1-3-7-14/h4-5,8-14,21H,1-3,6-7H2. The zero-order valence-electron chi connectivity index (χ0n) is 13.1. The second-order valence-electron chi connectivity index (χ2n) is 6.44. The van der Waals surface area contributed by atoms with Gasteiger partial charge in [0, 0.05) is 16.5 Å². The van der Waals surface area contributed by atoms with Gasteiger partial charge in [-0.2, -0.15) is 0 Å². The number of aromatic amines is 1. The third-order valence-electron chi connectivity index (χ3n) is 5.05. The summed E-state index contributed by atoms with van der Waals surface area (Å²) in [6.07, 6.45) is 6.65. The van der Waals surface area contributed by atoms with Crippen molar-refractivity contribution >= 4 is 16.6 Å². The van der Waals surface area contributed by atoms with Crippen molar-refractivity contribution in [3.8, 4) is 11.3 Å². The highest BCUT2D eigenvalue weighted by molar-refractivity contribution is 5.99. The van der Waals surface area contributed by atoms with Crippen LogP contribution in [0.15, 0.2) is 53.7 Å². The Kier molecular flexibility index (Phi) is 3.70. The number of nitroso groups, excluding NO2 is 1. The van der Waals surface area contributed by atoms with Crippen molar-refractivity contribution in [2.45, 2.75) is 38.0 Å². The van der Waals surface area contributed by atoms with Gasteiger partial charge in [0.05, 0.1) is 5.69 Å². The van der Waals surface area contributed by atoms with E-state index in [0.29, 0.717) is 11.6 Å². The maximum absolute atomic E-state index is 11.3. The molecule has 1 fully saturated rings. The largest absolute Gasteiger partial charge is 0.353 e. The molecule has 0 atom stereocenters. The molecule has 0 bridgehead atoms. The summed E-state index contributed by atoms with van der Waals surface area (Å²) in [5.74, 6) is 0.698. The predicted molar refractivity (Wildman–Crippen MR) is 95.0 cm³/mol. The molecule has 3 nitrogen and oxygen atoms in total. The van der Waals surface area contributed by atoms with Gasteiger partial charge in [-0.3, -0.25) is 0 Å². The van der Waals surface area contributed by atoms with E-state index in [2.05, 4.69) is 34.4 Å². The molecule has 3 heteroatoms. The van der Waals surface area contributed by atoms with Crippen LogP contribution in [0.5, 0.6) is 0 Å². The van der Waals surface area contributed by atoms with Crippen molar-refractivity contribution in [1.29, 1.82) is 0 Å². The quantitative estimate of drug-likeness (QED) is 0.568. The van der Waals surface area contributed by atoms with E-state index in [1.165, 1.54) is 37.7 Å². The van der Waals surface area contributed by atoms with Crippen molar-refractivity contribution in [3.63, 3.8) is 0 Å². The summed E-state index contributed by atoms with van der Waals surface area (Å²) in [4.78, 5) is 14.7. The minimum atomic E-state index is 0.506. The number of hydrogen-bond donors (Lipinski definition) is 1. The average molecular weight is 304 g/mol. The van der Waals surface area contributed by atoms with Crippen LogP contribution >= 0.6 is 0 Å². The first-order chi connectivity index (χ1) is 11.4. The monoisotopic (exact) mass is 304 g/mol. The molecule has 0 radical (unpaired) electrons. The lowest BCUT2D eigenvalue weighted by Crippen LogP contribution is -2.04. The number of fused-ring (bicyclic) bond motifs is 1. The molecule has 0 unspecified atom stereocenters. The van der Waals surface area contributed by atoms with Gasteiger partial charge < -0.3 is 4.98 Å². The van der Waals surface area contributed by atoms with Crippen LogP contribution in [0.4, 0.5) is 5.69 Å². The van der Waals surface area contributed by atoms with Crippen molar-refractivity contribution in [3.05, 3.63) is 59.0 Å². The molecule has 3 aromatic rings.